The van der Waals surface area contributed by atoms with Crippen molar-refractivity contribution in [3.05, 3.63) is 39.4 Å². The fourth-order valence-electron chi connectivity index (χ4n) is 1.65. The summed E-state index contributed by atoms with van der Waals surface area (Å²) in [7, 11) is 0. The topological polar surface area (TPSA) is 58.9 Å². The van der Waals surface area contributed by atoms with Crippen molar-refractivity contribution in [1.82, 2.24) is 0 Å². The van der Waals surface area contributed by atoms with Gasteiger partial charge in [0.25, 0.3) is 0 Å². The van der Waals surface area contributed by atoms with Crippen molar-refractivity contribution < 1.29 is 14.6 Å². The third-order valence-corrected chi connectivity index (χ3v) is 3.25. The van der Waals surface area contributed by atoms with Gasteiger partial charge in [0.05, 0.1) is 12.3 Å². The van der Waals surface area contributed by atoms with Crippen LogP contribution in [0.1, 0.15) is 18.7 Å². The van der Waals surface area contributed by atoms with Crippen LogP contribution in [0.25, 0.3) is 6.08 Å². The maximum atomic E-state index is 11.7. The minimum Gasteiger partial charge on any atom is -0.505 e. The van der Waals surface area contributed by atoms with Crippen LogP contribution in [-0.4, -0.2) is 23.4 Å². The Morgan fingerprint density at radius 3 is 3.00 bits per heavy atom. The zero-order valence-electron chi connectivity index (χ0n) is 10.1. The Hall–Kier alpha value is -1.88. The van der Waals surface area contributed by atoms with E-state index in [0.29, 0.717) is 11.4 Å². The van der Waals surface area contributed by atoms with E-state index in [2.05, 4.69) is 4.99 Å². The molecule has 0 spiro atoms. The van der Waals surface area contributed by atoms with Gasteiger partial charge in [-0.25, -0.2) is 9.79 Å². The molecular formula is C13H13NO3S. The van der Waals surface area contributed by atoms with Gasteiger partial charge in [0.2, 0.25) is 0 Å². The number of aliphatic hydroxyl groups is 1. The highest BCUT2D eigenvalue weighted by Crippen LogP contribution is 2.27. The Labute approximate surface area is 109 Å². The highest BCUT2D eigenvalue weighted by molar-refractivity contribution is 7.10. The minimum atomic E-state index is -0.536. The van der Waals surface area contributed by atoms with Crippen molar-refractivity contribution >= 4 is 29.1 Å². The van der Waals surface area contributed by atoms with Crippen LogP contribution in [0.3, 0.4) is 0 Å². The van der Waals surface area contributed by atoms with E-state index in [4.69, 9.17) is 4.74 Å². The number of carbonyl (C=O) groups is 1. The van der Waals surface area contributed by atoms with Gasteiger partial charge in [-0.2, -0.15) is 0 Å². The summed E-state index contributed by atoms with van der Waals surface area (Å²) in [6.45, 7) is 3.67. The van der Waals surface area contributed by atoms with Crippen molar-refractivity contribution in [3.63, 3.8) is 0 Å². The van der Waals surface area contributed by atoms with Crippen LogP contribution in [0, 0.1) is 0 Å². The summed E-state index contributed by atoms with van der Waals surface area (Å²) in [5.41, 5.74) is 1.03. The number of carbonyl (C=O) groups excluding carboxylic acids is 1. The SMILES string of the molecule is CCOC(=O)C1=C(O)C(=Cc2cccs2)N=C1C. The monoisotopic (exact) mass is 263 g/mol. The molecule has 18 heavy (non-hydrogen) atoms. The van der Waals surface area contributed by atoms with Gasteiger partial charge in [0.15, 0.2) is 5.76 Å². The normalized spacial score (nSPS) is 17.2. The molecular weight excluding hydrogens is 250 g/mol. The number of thiophene rings is 1. The number of hydrogen-bond acceptors (Lipinski definition) is 5. The lowest BCUT2D eigenvalue weighted by molar-refractivity contribution is -0.138. The average molecular weight is 263 g/mol. The highest BCUT2D eigenvalue weighted by atomic mass is 32.1. The Balaban J connectivity index is 2.35. The van der Waals surface area contributed by atoms with Crippen molar-refractivity contribution in [3.8, 4) is 0 Å². The van der Waals surface area contributed by atoms with Crippen LogP contribution >= 0.6 is 11.3 Å². The minimum absolute atomic E-state index is 0.112. The molecule has 0 bridgehead atoms. The van der Waals surface area contributed by atoms with Crippen LogP contribution in [0.4, 0.5) is 0 Å². The molecule has 0 fully saturated rings. The summed E-state index contributed by atoms with van der Waals surface area (Å²) in [6.07, 6.45) is 1.75. The van der Waals surface area contributed by atoms with E-state index >= 15 is 0 Å². The van der Waals surface area contributed by atoms with E-state index in [1.807, 2.05) is 17.5 Å². The van der Waals surface area contributed by atoms with Gasteiger partial charge in [-0.1, -0.05) is 6.07 Å². The van der Waals surface area contributed by atoms with Crippen molar-refractivity contribution in [2.45, 2.75) is 13.8 Å². The zero-order chi connectivity index (χ0) is 13.1. The number of nitrogens with zero attached hydrogens (tertiary/aromatic N) is 1. The molecule has 94 valence electrons. The van der Waals surface area contributed by atoms with Crippen LogP contribution in [0.15, 0.2) is 39.5 Å². The van der Waals surface area contributed by atoms with Crippen molar-refractivity contribution in [2.24, 2.45) is 4.99 Å². The molecule has 1 aliphatic rings. The van der Waals surface area contributed by atoms with E-state index in [9.17, 15) is 9.90 Å². The smallest absolute Gasteiger partial charge is 0.343 e. The van der Waals surface area contributed by atoms with Crippen LogP contribution in [-0.2, 0) is 9.53 Å². The molecule has 0 saturated carbocycles. The first-order valence-corrected chi connectivity index (χ1v) is 6.43. The van der Waals surface area contributed by atoms with Crippen LogP contribution in [0.2, 0.25) is 0 Å². The molecule has 2 rings (SSSR count). The first-order valence-electron chi connectivity index (χ1n) is 5.55. The summed E-state index contributed by atoms with van der Waals surface area (Å²) in [4.78, 5) is 16.8. The predicted octanol–water partition coefficient (Wildman–Crippen LogP) is 2.94. The third-order valence-electron chi connectivity index (χ3n) is 2.43. The number of rotatable bonds is 3. The second kappa shape index (κ2) is 5.18. The number of esters is 1. The first kappa shape index (κ1) is 12.6. The van der Waals surface area contributed by atoms with E-state index in [1.165, 1.54) is 11.3 Å². The summed E-state index contributed by atoms with van der Waals surface area (Å²) in [6, 6.07) is 3.83. The number of hydrogen-bond donors (Lipinski definition) is 1. The lowest BCUT2D eigenvalue weighted by Gasteiger charge is -2.02. The standard InChI is InChI=1S/C13H13NO3S/c1-3-17-13(16)11-8(2)14-10(12(11)15)7-9-5-4-6-18-9/h4-7,15H,3H2,1-2H3. The molecule has 0 saturated heterocycles. The third kappa shape index (κ3) is 2.36. The number of ether oxygens (including phenoxy) is 1. The largest absolute Gasteiger partial charge is 0.505 e. The van der Waals surface area contributed by atoms with Gasteiger partial charge in [0.1, 0.15) is 11.3 Å². The van der Waals surface area contributed by atoms with Crippen LogP contribution in [0.5, 0.6) is 0 Å². The van der Waals surface area contributed by atoms with Crippen LogP contribution < -0.4 is 0 Å². The molecule has 0 radical (unpaired) electrons. The van der Waals surface area contributed by atoms with Crippen molar-refractivity contribution in [1.29, 1.82) is 0 Å². The van der Waals surface area contributed by atoms with Gasteiger partial charge >= 0.3 is 5.97 Å². The van der Waals surface area contributed by atoms with Gasteiger partial charge in [-0.3, -0.25) is 0 Å². The molecule has 1 aliphatic heterocycles. The number of aliphatic imine (C=N–C) groups is 1. The molecule has 2 heterocycles. The second-order valence-corrected chi connectivity index (χ2v) is 4.67. The second-order valence-electron chi connectivity index (χ2n) is 3.69. The molecule has 5 heteroatoms. The van der Waals surface area contributed by atoms with Gasteiger partial charge < -0.3 is 9.84 Å². The summed E-state index contributed by atoms with van der Waals surface area (Å²) >= 11 is 1.54. The van der Waals surface area contributed by atoms with E-state index in [1.54, 1.807) is 19.9 Å². The molecule has 0 aromatic carbocycles. The predicted molar refractivity (Wildman–Crippen MR) is 71.7 cm³/mol. The fraction of sp³-hybridized carbons (Fsp3) is 0.231. The molecule has 1 N–H and O–H groups in total. The number of aliphatic hydroxyl groups excluding tert-OH is 1. The van der Waals surface area contributed by atoms with Gasteiger partial charge in [-0.15, -0.1) is 11.3 Å². The highest BCUT2D eigenvalue weighted by Gasteiger charge is 2.27. The molecule has 4 nitrogen and oxygen atoms in total. The van der Waals surface area contributed by atoms with Crippen molar-refractivity contribution in [2.75, 3.05) is 6.61 Å². The quantitative estimate of drug-likeness (QED) is 0.853. The van der Waals surface area contributed by atoms with E-state index < -0.39 is 5.97 Å². The maximum Gasteiger partial charge on any atom is 0.343 e. The molecule has 0 aliphatic carbocycles. The first-order chi connectivity index (χ1) is 8.63. The molecule has 0 amide bonds. The van der Waals surface area contributed by atoms with Gasteiger partial charge in [0, 0.05) is 4.88 Å². The average Bonchev–Trinajstić information content (AvgIpc) is 2.89. The van der Waals surface area contributed by atoms with E-state index in [-0.39, 0.29) is 17.9 Å². The lowest BCUT2D eigenvalue weighted by atomic mass is 10.1. The Kier molecular flexibility index (Phi) is 3.62. The maximum absolute atomic E-state index is 11.7. The lowest BCUT2D eigenvalue weighted by Crippen LogP contribution is -2.13. The summed E-state index contributed by atoms with van der Waals surface area (Å²) < 4.78 is 4.89. The molecule has 0 atom stereocenters. The summed E-state index contributed by atoms with van der Waals surface area (Å²) in [5.74, 6) is -0.648. The van der Waals surface area contributed by atoms with Gasteiger partial charge in [-0.05, 0) is 31.4 Å². The summed E-state index contributed by atoms with van der Waals surface area (Å²) in [5, 5.41) is 12.0. The van der Waals surface area contributed by atoms with E-state index in [0.717, 1.165) is 4.88 Å². The molecule has 1 aromatic rings. The zero-order valence-corrected chi connectivity index (χ0v) is 11.0. The molecule has 0 unspecified atom stereocenters. The Bertz CT molecular complexity index is 553. The fourth-order valence-corrected chi connectivity index (χ4v) is 2.30. The molecule has 1 aromatic heterocycles. The Morgan fingerprint density at radius 2 is 2.39 bits per heavy atom. The Morgan fingerprint density at radius 1 is 1.61 bits per heavy atom.